The molecule has 4 aromatic rings. The third-order valence-corrected chi connectivity index (χ3v) is 5.95. The van der Waals surface area contributed by atoms with E-state index in [1.54, 1.807) is 28.9 Å². The Bertz CT molecular complexity index is 1300. The molecule has 1 unspecified atom stereocenters. The van der Waals surface area contributed by atoms with E-state index in [1.807, 2.05) is 55.5 Å². The van der Waals surface area contributed by atoms with Crippen molar-refractivity contribution in [1.82, 2.24) is 9.78 Å². The molecule has 3 aromatic carbocycles. The van der Waals surface area contributed by atoms with Gasteiger partial charge in [0.2, 0.25) is 0 Å². The topological polar surface area (TPSA) is 55.1 Å². The average molecular weight is 486 g/mol. The summed E-state index contributed by atoms with van der Waals surface area (Å²) >= 11 is 18.8. The number of aryl methyl sites for hydroxylation is 1. The molecule has 162 valence electrons. The normalized spacial score (nSPS) is 12.0. The molecule has 0 amide bonds. The number of aliphatic carboxylic acids is 1. The Morgan fingerprint density at radius 2 is 1.72 bits per heavy atom. The number of hydrogen-bond acceptors (Lipinski definition) is 2. The van der Waals surface area contributed by atoms with E-state index >= 15 is 0 Å². The second-order valence-electron chi connectivity index (χ2n) is 7.55. The molecule has 7 heteroatoms. The van der Waals surface area contributed by atoms with E-state index in [-0.39, 0.29) is 6.42 Å². The van der Waals surface area contributed by atoms with Crippen molar-refractivity contribution < 1.29 is 9.90 Å². The molecule has 0 aliphatic heterocycles. The van der Waals surface area contributed by atoms with Crippen LogP contribution in [0.1, 0.15) is 22.7 Å². The van der Waals surface area contributed by atoms with Gasteiger partial charge in [-0.25, -0.2) is 4.68 Å². The molecule has 0 radical (unpaired) electrons. The summed E-state index contributed by atoms with van der Waals surface area (Å²) in [5.41, 5.74) is 4.59. The molecule has 32 heavy (non-hydrogen) atoms. The molecular weight excluding hydrogens is 467 g/mol. The van der Waals surface area contributed by atoms with Crippen molar-refractivity contribution >= 4 is 40.8 Å². The molecule has 0 spiro atoms. The van der Waals surface area contributed by atoms with Gasteiger partial charge >= 0.3 is 5.97 Å². The van der Waals surface area contributed by atoms with E-state index in [2.05, 4.69) is 0 Å². The maximum atomic E-state index is 12.1. The first-order chi connectivity index (χ1) is 15.3. The second kappa shape index (κ2) is 9.37. The summed E-state index contributed by atoms with van der Waals surface area (Å²) in [6.07, 6.45) is 0.227. The number of halogens is 3. The third-order valence-electron chi connectivity index (χ3n) is 5.17. The number of hydrogen-bond donors (Lipinski definition) is 1. The Morgan fingerprint density at radius 1 is 0.969 bits per heavy atom. The number of rotatable bonds is 6. The van der Waals surface area contributed by atoms with Gasteiger partial charge < -0.3 is 5.11 Å². The lowest BCUT2D eigenvalue weighted by atomic mass is 9.93. The Balaban J connectivity index is 1.82. The van der Waals surface area contributed by atoms with Crippen LogP contribution in [-0.2, 0) is 11.2 Å². The monoisotopic (exact) mass is 484 g/mol. The van der Waals surface area contributed by atoms with Gasteiger partial charge in [0.25, 0.3) is 0 Å². The van der Waals surface area contributed by atoms with Gasteiger partial charge in [-0.1, -0.05) is 76.8 Å². The number of carboxylic acid groups (broad SMARTS) is 1. The molecule has 0 fully saturated rings. The first-order valence-electron chi connectivity index (χ1n) is 9.91. The van der Waals surface area contributed by atoms with Crippen molar-refractivity contribution in [3.05, 3.63) is 105 Å². The van der Waals surface area contributed by atoms with Gasteiger partial charge in [0, 0.05) is 22.0 Å². The van der Waals surface area contributed by atoms with Crippen LogP contribution in [0, 0.1) is 6.92 Å². The average Bonchev–Trinajstić information content (AvgIpc) is 3.15. The lowest BCUT2D eigenvalue weighted by Gasteiger charge is -2.12. The van der Waals surface area contributed by atoms with Crippen LogP contribution in [-0.4, -0.2) is 20.9 Å². The first kappa shape index (κ1) is 22.4. The van der Waals surface area contributed by atoms with Crippen molar-refractivity contribution in [3.63, 3.8) is 0 Å². The number of nitrogens with zero attached hydrogens (tertiary/aromatic N) is 2. The molecular formula is C25H19Cl3N2O2. The smallest absolute Gasteiger partial charge is 0.311 e. The molecule has 4 rings (SSSR count). The molecule has 0 aliphatic rings. The van der Waals surface area contributed by atoms with E-state index in [4.69, 9.17) is 39.9 Å². The van der Waals surface area contributed by atoms with Gasteiger partial charge in [-0.3, -0.25) is 4.79 Å². The number of carboxylic acids is 1. The van der Waals surface area contributed by atoms with Crippen LogP contribution in [0.15, 0.2) is 72.8 Å². The van der Waals surface area contributed by atoms with Crippen LogP contribution in [0.4, 0.5) is 0 Å². The number of benzene rings is 3. The van der Waals surface area contributed by atoms with Gasteiger partial charge in [-0.15, -0.1) is 0 Å². The Morgan fingerprint density at radius 3 is 2.41 bits per heavy atom. The van der Waals surface area contributed by atoms with Crippen molar-refractivity contribution in [2.75, 3.05) is 0 Å². The summed E-state index contributed by atoms with van der Waals surface area (Å²) in [6.45, 7) is 1.94. The van der Waals surface area contributed by atoms with E-state index in [1.165, 1.54) is 0 Å². The van der Waals surface area contributed by atoms with Gasteiger partial charge in [0.1, 0.15) is 0 Å². The Kier molecular flexibility index (Phi) is 6.56. The largest absolute Gasteiger partial charge is 0.481 e. The Labute approximate surface area is 201 Å². The van der Waals surface area contributed by atoms with Crippen LogP contribution < -0.4 is 0 Å². The molecule has 1 aromatic heterocycles. The molecule has 4 nitrogen and oxygen atoms in total. The molecule has 0 saturated heterocycles. The van der Waals surface area contributed by atoms with Gasteiger partial charge in [-0.2, -0.15) is 5.10 Å². The van der Waals surface area contributed by atoms with Crippen molar-refractivity contribution in [2.24, 2.45) is 0 Å². The summed E-state index contributed by atoms with van der Waals surface area (Å²) in [4.78, 5) is 12.1. The second-order valence-corrected chi connectivity index (χ2v) is 8.83. The van der Waals surface area contributed by atoms with Gasteiger partial charge in [0.05, 0.1) is 28.0 Å². The summed E-state index contributed by atoms with van der Waals surface area (Å²) in [6, 6.07) is 22.0. The van der Waals surface area contributed by atoms with Crippen LogP contribution in [0.3, 0.4) is 0 Å². The number of carbonyl (C=O) groups is 1. The number of aromatic nitrogens is 2. The maximum absolute atomic E-state index is 12.1. The zero-order valence-corrected chi connectivity index (χ0v) is 19.4. The highest BCUT2D eigenvalue weighted by Gasteiger charge is 2.24. The predicted molar refractivity (Wildman–Crippen MR) is 129 cm³/mol. The Hall–Kier alpha value is -2.79. The first-order valence-corrected chi connectivity index (χ1v) is 11.0. The van der Waals surface area contributed by atoms with Gasteiger partial charge in [-0.05, 0) is 48.9 Å². The van der Waals surface area contributed by atoms with Crippen LogP contribution in [0.25, 0.3) is 16.9 Å². The van der Waals surface area contributed by atoms with Crippen LogP contribution in [0.2, 0.25) is 15.1 Å². The highest BCUT2D eigenvalue weighted by Crippen LogP contribution is 2.32. The van der Waals surface area contributed by atoms with E-state index in [0.29, 0.717) is 26.4 Å². The van der Waals surface area contributed by atoms with Gasteiger partial charge in [0.15, 0.2) is 0 Å². The minimum Gasteiger partial charge on any atom is -0.481 e. The quantitative estimate of drug-likeness (QED) is 0.314. The third kappa shape index (κ3) is 4.83. The van der Waals surface area contributed by atoms with E-state index < -0.39 is 11.9 Å². The highest BCUT2D eigenvalue weighted by molar-refractivity contribution is 6.35. The van der Waals surface area contributed by atoms with Crippen LogP contribution >= 0.6 is 34.8 Å². The fraction of sp³-hybridized carbons (Fsp3) is 0.120. The maximum Gasteiger partial charge on any atom is 0.311 e. The van der Waals surface area contributed by atoms with E-state index in [0.717, 1.165) is 22.4 Å². The molecule has 0 saturated carbocycles. The van der Waals surface area contributed by atoms with Crippen molar-refractivity contribution in [2.45, 2.75) is 19.3 Å². The minimum absolute atomic E-state index is 0.227. The zero-order chi connectivity index (χ0) is 22.8. The molecule has 1 N–H and O–H groups in total. The summed E-state index contributed by atoms with van der Waals surface area (Å²) in [7, 11) is 0. The molecule has 1 heterocycles. The van der Waals surface area contributed by atoms with Crippen LogP contribution in [0.5, 0.6) is 0 Å². The standard InChI is InChI=1S/C25H19Cl3N2O2/c1-15-4-2-5-16(10-15)21(25(31)32)13-20-14-24(17-6-3-7-18(26)11-17)30(29-20)23-9-8-19(27)12-22(23)28/h2-12,14,21H,13H2,1H3,(H,31,32). The lowest BCUT2D eigenvalue weighted by molar-refractivity contribution is -0.138. The highest BCUT2D eigenvalue weighted by atomic mass is 35.5. The van der Waals surface area contributed by atoms with Crippen molar-refractivity contribution in [3.8, 4) is 16.9 Å². The summed E-state index contributed by atoms with van der Waals surface area (Å²) in [5.74, 6) is -1.63. The molecule has 1 atom stereocenters. The van der Waals surface area contributed by atoms with Crippen molar-refractivity contribution in [1.29, 1.82) is 0 Å². The fourth-order valence-electron chi connectivity index (χ4n) is 3.66. The fourth-order valence-corrected chi connectivity index (χ4v) is 4.34. The SMILES string of the molecule is Cc1cccc(C(Cc2cc(-c3cccc(Cl)c3)n(-c3ccc(Cl)cc3Cl)n2)C(=O)O)c1. The predicted octanol–water partition coefficient (Wildman–Crippen LogP) is 7.22. The summed E-state index contributed by atoms with van der Waals surface area (Å²) < 4.78 is 1.70. The zero-order valence-electron chi connectivity index (χ0n) is 17.1. The minimum atomic E-state index is -0.904. The summed E-state index contributed by atoms with van der Waals surface area (Å²) in [5, 5.41) is 16.2. The molecule has 0 bridgehead atoms. The lowest BCUT2D eigenvalue weighted by Crippen LogP contribution is -2.15. The van der Waals surface area contributed by atoms with E-state index in [9.17, 15) is 9.90 Å². The molecule has 0 aliphatic carbocycles.